The lowest BCUT2D eigenvalue weighted by molar-refractivity contribution is 0.0377. The number of morpholine rings is 1. The Balaban J connectivity index is 1.54. The Kier molecular flexibility index (Phi) is 8.46. The van der Waals surface area contributed by atoms with Crippen molar-refractivity contribution in [2.75, 3.05) is 53.0 Å². The maximum absolute atomic E-state index is 6.14. The first-order valence-electron chi connectivity index (χ1n) is 10.2. The van der Waals surface area contributed by atoms with Crippen molar-refractivity contribution >= 4 is 17.6 Å². The fraction of sp³-hybridized carbons (Fsp3) is 0.571. The summed E-state index contributed by atoms with van der Waals surface area (Å²) in [5.41, 5.74) is 1.14. The molecule has 0 amide bonds. The molecule has 1 saturated heterocycles. The molecule has 0 atom stereocenters. The third-order valence-electron chi connectivity index (χ3n) is 5.07. The number of hydrogen-bond acceptors (Lipinski definition) is 4. The lowest BCUT2D eigenvalue weighted by atomic mass is 10.3. The predicted octanol–water partition coefficient (Wildman–Crippen LogP) is 2.61. The van der Waals surface area contributed by atoms with Gasteiger partial charge in [0.15, 0.2) is 5.96 Å². The zero-order valence-electron chi connectivity index (χ0n) is 17.4. The molecule has 0 saturated carbocycles. The van der Waals surface area contributed by atoms with Gasteiger partial charge in [0.2, 0.25) is 0 Å². The highest BCUT2D eigenvalue weighted by Crippen LogP contribution is 2.14. The fourth-order valence-electron chi connectivity index (χ4n) is 3.41. The standard InChI is InChI=1S/C21H32ClN5O2/c1-25-16-18(22)15-19(25)17-26(2)21(24-8-6-20-5-3-12-29-20)23-7-4-9-27-10-13-28-14-11-27/h3,5,12,15-16H,4,6-11,13-14,17H2,1-2H3,(H,23,24). The minimum absolute atomic E-state index is 0.735. The van der Waals surface area contributed by atoms with E-state index in [0.29, 0.717) is 0 Å². The fourth-order valence-corrected chi connectivity index (χ4v) is 3.68. The number of furan rings is 1. The monoisotopic (exact) mass is 421 g/mol. The molecule has 8 heteroatoms. The van der Waals surface area contributed by atoms with Crippen molar-refractivity contribution in [1.29, 1.82) is 0 Å². The summed E-state index contributed by atoms with van der Waals surface area (Å²) in [6.07, 6.45) is 5.49. The van der Waals surface area contributed by atoms with Crippen LogP contribution >= 0.6 is 11.6 Å². The summed E-state index contributed by atoms with van der Waals surface area (Å²) in [5, 5.41) is 4.24. The highest BCUT2D eigenvalue weighted by Gasteiger charge is 2.12. The van der Waals surface area contributed by atoms with Gasteiger partial charge in [-0.15, -0.1) is 0 Å². The first-order valence-corrected chi connectivity index (χ1v) is 10.6. The van der Waals surface area contributed by atoms with Crippen molar-refractivity contribution in [3.8, 4) is 0 Å². The molecule has 2 aromatic rings. The molecule has 160 valence electrons. The van der Waals surface area contributed by atoms with E-state index in [0.717, 1.165) is 87.8 Å². The first-order chi connectivity index (χ1) is 14.1. The highest BCUT2D eigenvalue weighted by atomic mass is 35.5. The molecule has 0 aliphatic carbocycles. The van der Waals surface area contributed by atoms with Crippen LogP contribution in [-0.4, -0.2) is 73.3 Å². The molecule has 0 spiro atoms. The number of hydrogen-bond donors (Lipinski definition) is 1. The molecule has 29 heavy (non-hydrogen) atoms. The number of rotatable bonds is 9. The van der Waals surface area contributed by atoms with Crippen molar-refractivity contribution in [1.82, 2.24) is 19.7 Å². The molecule has 7 nitrogen and oxygen atoms in total. The molecule has 1 N–H and O–H groups in total. The van der Waals surface area contributed by atoms with Crippen LogP contribution in [0.2, 0.25) is 5.02 Å². The molecule has 1 aliphatic heterocycles. The summed E-state index contributed by atoms with van der Waals surface area (Å²) in [7, 11) is 4.07. The minimum Gasteiger partial charge on any atom is -0.469 e. The Morgan fingerprint density at radius 1 is 1.34 bits per heavy atom. The molecule has 1 fully saturated rings. The summed E-state index contributed by atoms with van der Waals surface area (Å²) in [6.45, 7) is 7.07. The van der Waals surface area contributed by atoms with E-state index in [9.17, 15) is 0 Å². The van der Waals surface area contributed by atoms with Crippen LogP contribution in [0.15, 0.2) is 40.1 Å². The predicted molar refractivity (Wildman–Crippen MR) is 116 cm³/mol. The summed E-state index contributed by atoms with van der Waals surface area (Å²) in [4.78, 5) is 9.44. The quantitative estimate of drug-likeness (QED) is 0.383. The van der Waals surface area contributed by atoms with Crippen molar-refractivity contribution < 1.29 is 9.15 Å². The van der Waals surface area contributed by atoms with Crippen LogP contribution in [-0.2, 0) is 24.8 Å². The van der Waals surface area contributed by atoms with E-state index >= 15 is 0 Å². The molecule has 0 unspecified atom stereocenters. The zero-order valence-corrected chi connectivity index (χ0v) is 18.2. The molecule has 0 radical (unpaired) electrons. The Hall–Kier alpha value is -1.96. The van der Waals surface area contributed by atoms with Crippen LogP contribution < -0.4 is 5.32 Å². The highest BCUT2D eigenvalue weighted by molar-refractivity contribution is 6.30. The number of halogens is 1. The van der Waals surface area contributed by atoms with Crippen LogP contribution in [0.5, 0.6) is 0 Å². The lowest BCUT2D eigenvalue weighted by Crippen LogP contribution is -2.40. The van der Waals surface area contributed by atoms with Crippen LogP contribution in [0.25, 0.3) is 0 Å². The van der Waals surface area contributed by atoms with Crippen LogP contribution in [0.1, 0.15) is 17.9 Å². The summed E-state index contributed by atoms with van der Waals surface area (Å²) >= 11 is 6.14. The number of nitrogens with zero attached hydrogens (tertiary/aromatic N) is 4. The van der Waals surface area contributed by atoms with Crippen LogP contribution in [0.3, 0.4) is 0 Å². The Morgan fingerprint density at radius 3 is 2.86 bits per heavy atom. The summed E-state index contributed by atoms with van der Waals surface area (Å²) < 4.78 is 12.9. The van der Waals surface area contributed by atoms with E-state index in [1.54, 1.807) is 6.26 Å². The van der Waals surface area contributed by atoms with Gasteiger partial charge in [0.1, 0.15) is 5.76 Å². The van der Waals surface area contributed by atoms with Gasteiger partial charge in [-0.1, -0.05) is 11.6 Å². The number of aliphatic imine (C=N–C) groups is 1. The lowest BCUT2D eigenvalue weighted by Gasteiger charge is -2.26. The SMILES string of the molecule is CN(Cc1cc(Cl)cn1C)C(=NCCCN1CCOCC1)NCCc1ccco1. The van der Waals surface area contributed by atoms with E-state index < -0.39 is 0 Å². The minimum atomic E-state index is 0.735. The van der Waals surface area contributed by atoms with Gasteiger partial charge in [0.05, 0.1) is 31.0 Å². The summed E-state index contributed by atoms with van der Waals surface area (Å²) in [6, 6.07) is 5.91. The van der Waals surface area contributed by atoms with Gasteiger partial charge in [0, 0.05) is 65.1 Å². The Morgan fingerprint density at radius 2 is 2.17 bits per heavy atom. The van der Waals surface area contributed by atoms with Gasteiger partial charge in [-0.3, -0.25) is 9.89 Å². The van der Waals surface area contributed by atoms with Gasteiger partial charge in [0.25, 0.3) is 0 Å². The molecule has 1 aliphatic rings. The average molecular weight is 422 g/mol. The number of guanidine groups is 1. The molecule has 3 heterocycles. The molecule has 3 rings (SSSR count). The third-order valence-corrected chi connectivity index (χ3v) is 5.27. The van der Waals surface area contributed by atoms with Gasteiger partial charge in [-0.05, 0) is 24.6 Å². The number of ether oxygens (including phenoxy) is 1. The van der Waals surface area contributed by atoms with Gasteiger partial charge in [-0.25, -0.2) is 0 Å². The Labute approximate surface area is 178 Å². The van der Waals surface area contributed by atoms with Gasteiger partial charge >= 0.3 is 0 Å². The zero-order chi connectivity index (χ0) is 20.5. The Bertz CT molecular complexity index is 753. The van der Waals surface area contributed by atoms with Crippen LogP contribution in [0, 0.1) is 0 Å². The first kappa shape index (κ1) is 21.7. The van der Waals surface area contributed by atoms with Gasteiger partial charge < -0.3 is 23.9 Å². The molecule has 2 aromatic heterocycles. The van der Waals surface area contributed by atoms with Crippen molar-refractivity contribution in [3.63, 3.8) is 0 Å². The molecule has 0 bridgehead atoms. The van der Waals surface area contributed by atoms with E-state index in [-0.39, 0.29) is 0 Å². The maximum atomic E-state index is 6.14. The van der Waals surface area contributed by atoms with E-state index in [1.165, 1.54) is 0 Å². The second-order valence-corrected chi connectivity index (χ2v) is 7.82. The van der Waals surface area contributed by atoms with Crippen molar-refractivity contribution in [2.45, 2.75) is 19.4 Å². The van der Waals surface area contributed by atoms with Gasteiger partial charge in [-0.2, -0.15) is 0 Å². The van der Waals surface area contributed by atoms with E-state index in [4.69, 9.17) is 25.7 Å². The molecule has 0 aromatic carbocycles. The average Bonchev–Trinajstić information content (AvgIpc) is 3.34. The smallest absolute Gasteiger partial charge is 0.194 e. The number of aromatic nitrogens is 1. The van der Waals surface area contributed by atoms with Crippen molar-refractivity contribution in [2.24, 2.45) is 12.0 Å². The van der Waals surface area contributed by atoms with E-state index in [1.807, 2.05) is 31.4 Å². The maximum Gasteiger partial charge on any atom is 0.194 e. The summed E-state index contributed by atoms with van der Waals surface area (Å²) in [5.74, 6) is 1.87. The largest absolute Gasteiger partial charge is 0.469 e. The van der Waals surface area contributed by atoms with E-state index in [2.05, 4.69) is 26.7 Å². The second kappa shape index (κ2) is 11.3. The normalized spacial score (nSPS) is 15.6. The van der Waals surface area contributed by atoms with Crippen molar-refractivity contribution in [3.05, 3.63) is 47.1 Å². The number of aryl methyl sites for hydroxylation is 1. The third kappa shape index (κ3) is 7.10. The van der Waals surface area contributed by atoms with Crippen LogP contribution in [0.4, 0.5) is 0 Å². The molecular formula is C21H32ClN5O2. The number of nitrogens with one attached hydrogen (secondary N) is 1. The molecular weight excluding hydrogens is 390 g/mol. The second-order valence-electron chi connectivity index (χ2n) is 7.39. The topological polar surface area (TPSA) is 58.2 Å².